The van der Waals surface area contributed by atoms with E-state index in [2.05, 4.69) is 15.0 Å². The second-order valence-corrected chi connectivity index (χ2v) is 4.77. The molecule has 2 atom stereocenters. The molecule has 1 aromatic rings. The van der Waals surface area contributed by atoms with E-state index in [1.54, 1.807) is 19.9 Å². The number of aromatic nitrogens is 1. The van der Waals surface area contributed by atoms with Crippen molar-refractivity contribution in [2.75, 3.05) is 6.61 Å². The van der Waals surface area contributed by atoms with Gasteiger partial charge in [0.1, 0.15) is 0 Å². The average Bonchev–Trinajstić information content (AvgIpc) is 2.41. The van der Waals surface area contributed by atoms with Crippen LogP contribution in [0.3, 0.4) is 0 Å². The van der Waals surface area contributed by atoms with E-state index in [9.17, 15) is 18.0 Å². The van der Waals surface area contributed by atoms with Crippen molar-refractivity contribution in [1.29, 1.82) is 0 Å². The number of alkyl halides is 3. The number of carbonyl (C=O) groups excluding carboxylic acids is 1. The molecule has 0 aromatic carbocycles. The van der Waals surface area contributed by atoms with Crippen LogP contribution in [0.4, 0.5) is 13.2 Å². The Morgan fingerprint density at radius 2 is 2.14 bits per heavy atom. The first-order valence-electron chi connectivity index (χ1n) is 6.37. The molecule has 1 heterocycles. The summed E-state index contributed by atoms with van der Waals surface area (Å²) in [6.45, 7) is 2.18. The summed E-state index contributed by atoms with van der Waals surface area (Å²) >= 11 is 0. The first-order chi connectivity index (χ1) is 9.69. The Morgan fingerprint density at radius 3 is 2.71 bits per heavy atom. The zero-order valence-corrected chi connectivity index (χ0v) is 11.8. The number of carbonyl (C=O) groups is 1. The van der Waals surface area contributed by atoms with Crippen LogP contribution in [0.2, 0.25) is 0 Å². The number of nitrogens with zero attached hydrogens (tertiary/aromatic N) is 1. The van der Waals surface area contributed by atoms with Gasteiger partial charge in [-0.1, -0.05) is 6.92 Å². The SMILES string of the molecule is CC(N)C(C)C(=O)NCc1ccnc(OCC(F)(F)F)c1. The molecule has 1 amide bonds. The minimum absolute atomic E-state index is 0.140. The lowest BCUT2D eigenvalue weighted by Gasteiger charge is -2.15. The maximum atomic E-state index is 12.0. The molecule has 2 unspecified atom stereocenters. The molecule has 3 N–H and O–H groups in total. The Hall–Kier alpha value is -1.83. The molecular formula is C13H18F3N3O2. The van der Waals surface area contributed by atoms with Gasteiger partial charge in [-0.05, 0) is 18.6 Å². The summed E-state index contributed by atoms with van der Waals surface area (Å²) in [7, 11) is 0. The van der Waals surface area contributed by atoms with Crippen molar-refractivity contribution >= 4 is 5.91 Å². The fourth-order valence-electron chi connectivity index (χ4n) is 1.38. The predicted octanol–water partition coefficient (Wildman–Crippen LogP) is 1.62. The van der Waals surface area contributed by atoms with Crippen molar-refractivity contribution in [3.63, 3.8) is 0 Å². The quantitative estimate of drug-likeness (QED) is 0.837. The molecule has 0 aliphatic carbocycles. The Bertz CT molecular complexity index is 478. The van der Waals surface area contributed by atoms with Gasteiger partial charge in [-0.3, -0.25) is 4.79 Å². The molecule has 5 nitrogen and oxygen atoms in total. The summed E-state index contributed by atoms with van der Waals surface area (Å²) in [5, 5.41) is 2.66. The average molecular weight is 305 g/mol. The second kappa shape index (κ2) is 7.26. The number of hydrogen-bond acceptors (Lipinski definition) is 4. The molecule has 1 aromatic heterocycles. The molecular weight excluding hydrogens is 287 g/mol. The van der Waals surface area contributed by atoms with Crippen LogP contribution in [0.5, 0.6) is 5.88 Å². The number of nitrogens with two attached hydrogens (primary N) is 1. The highest BCUT2D eigenvalue weighted by Crippen LogP contribution is 2.17. The molecule has 0 spiro atoms. The molecule has 0 aliphatic heterocycles. The zero-order valence-electron chi connectivity index (χ0n) is 11.8. The maximum absolute atomic E-state index is 12.0. The smallest absolute Gasteiger partial charge is 0.422 e. The van der Waals surface area contributed by atoms with Crippen molar-refractivity contribution in [2.45, 2.75) is 32.6 Å². The number of hydrogen-bond donors (Lipinski definition) is 2. The topological polar surface area (TPSA) is 77.2 Å². The summed E-state index contributed by atoms with van der Waals surface area (Å²) < 4.78 is 40.7. The lowest BCUT2D eigenvalue weighted by atomic mass is 10.0. The van der Waals surface area contributed by atoms with Gasteiger partial charge in [-0.2, -0.15) is 13.2 Å². The van der Waals surface area contributed by atoms with E-state index in [1.807, 2.05) is 0 Å². The van der Waals surface area contributed by atoms with Crippen LogP contribution >= 0.6 is 0 Å². The highest BCUT2D eigenvalue weighted by molar-refractivity contribution is 5.78. The van der Waals surface area contributed by atoms with Gasteiger partial charge in [0.05, 0.1) is 0 Å². The molecule has 0 fully saturated rings. The highest BCUT2D eigenvalue weighted by Gasteiger charge is 2.28. The van der Waals surface area contributed by atoms with Crippen molar-refractivity contribution in [3.8, 4) is 5.88 Å². The minimum Gasteiger partial charge on any atom is -0.468 e. The number of halogens is 3. The molecule has 118 valence electrons. The largest absolute Gasteiger partial charge is 0.468 e. The Kier molecular flexibility index (Phi) is 5.95. The molecule has 1 rings (SSSR count). The first kappa shape index (κ1) is 17.2. The summed E-state index contributed by atoms with van der Waals surface area (Å²) in [5.41, 5.74) is 6.20. The summed E-state index contributed by atoms with van der Waals surface area (Å²) in [6.07, 6.45) is -3.10. The van der Waals surface area contributed by atoms with Crippen LogP contribution in [-0.2, 0) is 11.3 Å². The lowest BCUT2D eigenvalue weighted by molar-refractivity contribution is -0.154. The van der Waals surface area contributed by atoms with Gasteiger partial charge in [-0.15, -0.1) is 0 Å². The van der Waals surface area contributed by atoms with Gasteiger partial charge < -0.3 is 15.8 Å². The van der Waals surface area contributed by atoms with Gasteiger partial charge in [0.2, 0.25) is 11.8 Å². The van der Waals surface area contributed by atoms with Gasteiger partial charge in [0, 0.05) is 30.8 Å². The monoisotopic (exact) mass is 305 g/mol. The van der Waals surface area contributed by atoms with Gasteiger partial charge in [0.15, 0.2) is 6.61 Å². The van der Waals surface area contributed by atoms with Crippen LogP contribution < -0.4 is 15.8 Å². The normalized spacial score (nSPS) is 14.4. The molecule has 0 saturated heterocycles. The fourth-order valence-corrected chi connectivity index (χ4v) is 1.38. The van der Waals surface area contributed by atoms with Crippen LogP contribution in [-0.4, -0.2) is 29.7 Å². The Labute approximate surface area is 120 Å². The summed E-state index contributed by atoms with van der Waals surface area (Å²) in [6, 6.07) is 2.65. The van der Waals surface area contributed by atoms with E-state index >= 15 is 0 Å². The third kappa shape index (κ3) is 6.44. The third-order valence-electron chi connectivity index (χ3n) is 2.85. The number of ether oxygens (including phenoxy) is 1. The third-order valence-corrected chi connectivity index (χ3v) is 2.85. The zero-order chi connectivity index (χ0) is 16.0. The number of rotatable bonds is 6. The van der Waals surface area contributed by atoms with Crippen LogP contribution in [0.15, 0.2) is 18.3 Å². The molecule has 8 heteroatoms. The van der Waals surface area contributed by atoms with Gasteiger partial charge >= 0.3 is 6.18 Å². The summed E-state index contributed by atoms with van der Waals surface area (Å²) in [5.74, 6) is -0.716. The molecule has 0 saturated carbocycles. The van der Waals surface area contributed by atoms with E-state index in [0.29, 0.717) is 5.56 Å². The van der Waals surface area contributed by atoms with Gasteiger partial charge in [-0.25, -0.2) is 4.98 Å². The van der Waals surface area contributed by atoms with E-state index < -0.39 is 12.8 Å². The number of amides is 1. The predicted molar refractivity (Wildman–Crippen MR) is 70.4 cm³/mol. The van der Waals surface area contributed by atoms with E-state index in [-0.39, 0.29) is 30.3 Å². The van der Waals surface area contributed by atoms with Crippen molar-refractivity contribution < 1.29 is 22.7 Å². The minimum atomic E-state index is -4.42. The Balaban J connectivity index is 2.55. The maximum Gasteiger partial charge on any atom is 0.422 e. The van der Waals surface area contributed by atoms with E-state index in [0.717, 1.165) is 0 Å². The van der Waals surface area contributed by atoms with E-state index in [4.69, 9.17) is 5.73 Å². The number of nitrogens with one attached hydrogen (secondary N) is 1. The van der Waals surface area contributed by atoms with Crippen LogP contribution in [0, 0.1) is 5.92 Å². The van der Waals surface area contributed by atoms with Crippen molar-refractivity contribution in [2.24, 2.45) is 11.7 Å². The van der Waals surface area contributed by atoms with Crippen molar-refractivity contribution in [1.82, 2.24) is 10.3 Å². The summed E-state index contributed by atoms with van der Waals surface area (Å²) in [4.78, 5) is 15.4. The standard InChI is InChI=1S/C13H18F3N3O2/c1-8(9(2)17)12(20)19-6-10-3-4-18-11(5-10)21-7-13(14,15)16/h3-5,8-9H,6-7,17H2,1-2H3,(H,19,20). The first-order valence-corrected chi connectivity index (χ1v) is 6.37. The van der Waals surface area contributed by atoms with Gasteiger partial charge in [0.25, 0.3) is 0 Å². The highest BCUT2D eigenvalue weighted by atomic mass is 19.4. The second-order valence-electron chi connectivity index (χ2n) is 4.77. The molecule has 0 aliphatic rings. The van der Waals surface area contributed by atoms with Crippen molar-refractivity contribution in [3.05, 3.63) is 23.9 Å². The molecule has 0 radical (unpaired) electrons. The molecule has 21 heavy (non-hydrogen) atoms. The van der Waals surface area contributed by atoms with Crippen LogP contribution in [0.1, 0.15) is 19.4 Å². The fraction of sp³-hybridized carbons (Fsp3) is 0.538. The lowest BCUT2D eigenvalue weighted by Crippen LogP contribution is -2.38. The van der Waals surface area contributed by atoms with Crippen LogP contribution in [0.25, 0.3) is 0 Å². The van der Waals surface area contributed by atoms with E-state index in [1.165, 1.54) is 12.3 Å². The Morgan fingerprint density at radius 1 is 1.48 bits per heavy atom. The number of pyridine rings is 1. The molecule has 0 bridgehead atoms.